The van der Waals surface area contributed by atoms with Gasteiger partial charge >= 0.3 is 14.5 Å². The van der Waals surface area contributed by atoms with Crippen LogP contribution in [-0.2, 0) is 17.8 Å². The SMILES string of the molecule is C=C(C)C(=O)OCCC[Si](C)(O[Si](C)(C)C)O[Si](C)(c1ccccc1)c1ccccc1. The Kier molecular flexibility index (Phi) is 8.79. The van der Waals surface area contributed by atoms with E-state index in [9.17, 15) is 4.79 Å². The highest BCUT2D eigenvalue weighted by Gasteiger charge is 2.45. The molecule has 1 unspecified atom stereocenters. The molecule has 0 aliphatic heterocycles. The first-order valence-corrected chi connectivity index (χ1v) is 19.1. The van der Waals surface area contributed by atoms with Crippen LogP contribution in [0.15, 0.2) is 72.8 Å². The highest BCUT2D eigenvalue weighted by Crippen LogP contribution is 2.26. The molecule has 0 heterocycles. The fraction of sp³-hybridized carbons (Fsp3) is 0.375. The Morgan fingerprint density at radius 2 is 1.32 bits per heavy atom. The van der Waals surface area contributed by atoms with Gasteiger partial charge in [-0.25, -0.2) is 4.79 Å². The van der Waals surface area contributed by atoms with Crippen molar-refractivity contribution in [1.82, 2.24) is 0 Å². The highest BCUT2D eigenvalue weighted by atomic mass is 28.5. The molecule has 2 rings (SSSR count). The van der Waals surface area contributed by atoms with Gasteiger partial charge in [0.2, 0.25) is 8.32 Å². The van der Waals surface area contributed by atoms with E-state index in [0.29, 0.717) is 18.6 Å². The van der Waals surface area contributed by atoms with E-state index in [1.165, 1.54) is 10.4 Å². The van der Waals surface area contributed by atoms with Crippen LogP contribution in [0.1, 0.15) is 13.3 Å². The molecule has 0 amide bonds. The van der Waals surface area contributed by atoms with Gasteiger partial charge < -0.3 is 13.0 Å². The predicted molar refractivity (Wildman–Crippen MR) is 136 cm³/mol. The third-order valence-electron chi connectivity index (χ3n) is 4.95. The van der Waals surface area contributed by atoms with E-state index in [4.69, 9.17) is 13.0 Å². The largest absolute Gasteiger partial charge is 0.462 e. The minimum Gasteiger partial charge on any atom is -0.462 e. The van der Waals surface area contributed by atoms with E-state index >= 15 is 0 Å². The van der Waals surface area contributed by atoms with Crippen LogP contribution < -0.4 is 10.4 Å². The van der Waals surface area contributed by atoms with Gasteiger partial charge in [-0.3, -0.25) is 0 Å². The average molecular weight is 473 g/mol. The van der Waals surface area contributed by atoms with E-state index in [0.717, 1.165) is 6.04 Å². The van der Waals surface area contributed by atoms with Crippen LogP contribution in [0.25, 0.3) is 0 Å². The number of benzene rings is 2. The molecule has 0 saturated carbocycles. The molecular formula is C24H36O4Si3. The Balaban J connectivity index is 2.32. The van der Waals surface area contributed by atoms with Crippen molar-refractivity contribution < 1.29 is 17.8 Å². The zero-order chi connectivity index (χ0) is 23.1. The molecule has 0 spiro atoms. The van der Waals surface area contributed by atoms with E-state index in [-0.39, 0.29) is 5.97 Å². The molecule has 0 saturated heterocycles. The second-order valence-electron chi connectivity index (χ2n) is 9.24. The summed E-state index contributed by atoms with van der Waals surface area (Å²) in [5.41, 5.74) is 0.419. The zero-order valence-corrected chi connectivity index (χ0v) is 22.7. The van der Waals surface area contributed by atoms with Crippen molar-refractivity contribution in [2.24, 2.45) is 0 Å². The van der Waals surface area contributed by atoms with Crippen molar-refractivity contribution in [3.8, 4) is 0 Å². The minimum absolute atomic E-state index is 0.344. The lowest BCUT2D eigenvalue weighted by Gasteiger charge is -2.41. The molecule has 0 bridgehead atoms. The van der Waals surface area contributed by atoms with Crippen molar-refractivity contribution in [3.05, 3.63) is 72.8 Å². The monoisotopic (exact) mass is 472 g/mol. The van der Waals surface area contributed by atoms with Crippen molar-refractivity contribution in [2.45, 2.75) is 52.1 Å². The van der Waals surface area contributed by atoms with Gasteiger partial charge in [-0.1, -0.05) is 67.2 Å². The molecule has 4 nitrogen and oxygen atoms in total. The Bertz CT molecular complexity index is 826. The lowest BCUT2D eigenvalue weighted by atomic mass is 10.4. The van der Waals surface area contributed by atoms with Crippen molar-refractivity contribution in [1.29, 1.82) is 0 Å². The first-order chi connectivity index (χ1) is 14.5. The second-order valence-corrected chi connectivity index (χ2v) is 21.1. The predicted octanol–water partition coefficient (Wildman–Crippen LogP) is 4.83. The number of carbonyl (C=O) groups is 1. The fourth-order valence-corrected chi connectivity index (χ4v) is 17.4. The summed E-state index contributed by atoms with van der Waals surface area (Å²) in [5.74, 6) is -0.344. The molecule has 1 atom stereocenters. The summed E-state index contributed by atoms with van der Waals surface area (Å²) in [4.78, 5) is 11.7. The maximum absolute atomic E-state index is 11.7. The summed E-state index contributed by atoms with van der Waals surface area (Å²) in [6, 6.07) is 21.8. The van der Waals surface area contributed by atoms with Crippen LogP contribution in [0.4, 0.5) is 0 Å². The third-order valence-corrected chi connectivity index (χ3v) is 16.6. The number of ether oxygens (including phenoxy) is 1. The number of hydrogen-bond acceptors (Lipinski definition) is 4. The molecule has 31 heavy (non-hydrogen) atoms. The number of hydrogen-bond donors (Lipinski definition) is 0. The van der Waals surface area contributed by atoms with Gasteiger partial charge in [0.1, 0.15) is 0 Å². The Hall–Kier alpha value is -1.78. The summed E-state index contributed by atoms with van der Waals surface area (Å²) in [6.07, 6.45) is 0.709. The summed E-state index contributed by atoms with van der Waals surface area (Å²) in [6.45, 7) is 16.7. The van der Waals surface area contributed by atoms with Gasteiger partial charge in [-0.15, -0.1) is 0 Å². The topological polar surface area (TPSA) is 44.8 Å². The molecule has 2 aromatic rings. The van der Waals surface area contributed by atoms with E-state index in [2.05, 4.69) is 87.8 Å². The second kappa shape index (κ2) is 10.7. The quantitative estimate of drug-likeness (QED) is 0.203. The summed E-state index contributed by atoms with van der Waals surface area (Å²) in [7, 11) is -6.93. The zero-order valence-electron chi connectivity index (χ0n) is 19.7. The van der Waals surface area contributed by atoms with Crippen molar-refractivity contribution >= 4 is 41.5 Å². The van der Waals surface area contributed by atoms with Crippen LogP contribution in [0.3, 0.4) is 0 Å². The molecule has 0 radical (unpaired) electrons. The third kappa shape index (κ3) is 7.69. The van der Waals surface area contributed by atoms with Gasteiger partial charge in [0.25, 0.3) is 0 Å². The van der Waals surface area contributed by atoms with Gasteiger partial charge in [0.15, 0.2) is 8.32 Å². The molecule has 0 aliphatic rings. The van der Waals surface area contributed by atoms with E-state index in [1.54, 1.807) is 6.92 Å². The molecule has 0 aliphatic carbocycles. The van der Waals surface area contributed by atoms with Crippen molar-refractivity contribution in [3.63, 3.8) is 0 Å². The first kappa shape index (κ1) is 25.5. The van der Waals surface area contributed by atoms with Gasteiger partial charge in [-0.05, 0) is 62.5 Å². The number of carbonyl (C=O) groups excluding carboxylic acids is 1. The number of esters is 1. The van der Waals surface area contributed by atoms with Crippen LogP contribution in [0.2, 0.25) is 38.8 Å². The van der Waals surface area contributed by atoms with Crippen LogP contribution in [0, 0.1) is 0 Å². The van der Waals surface area contributed by atoms with Crippen molar-refractivity contribution in [2.75, 3.05) is 6.61 Å². The average Bonchev–Trinajstić information content (AvgIpc) is 2.70. The maximum Gasteiger partial charge on any atom is 0.333 e. The van der Waals surface area contributed by atoms with E-state index < -0.39 is 25.2 Å². The molecule has 0 aromatic heterocycles. The molecular weight excluding hydrogens is 437 g/mol. The van der Waals surface area contributed by atoms with E-state index in [1.807, 2.05) is 12.1 Å². The molecule has 0 fully saturated rings. The summed E-state index contributed by atoms with van der Waals surface area (Å²) < 4.78 is 19.2. The van der Waals surface area contributed by atoms with Gasteiger partial charge in [-0.2, -0.15) is 0 Å². The Morgan fingerprint density at radius 1 is 0.839 bits per heavy atom. The lowest BCUT2D eigenvalue weighted by molar-refractivity contribution is -0.138. The van der Waals surface area contributed by atoms with Gasteiger partial charge in [0.05, 0.1) is 6.61 Å². The molecule has 0 N–H and O–H groups in total. The highest BCUT2D eigenvalue weighted by molar-refractivity contribution is 7.01. The fourth-order valence-electron chi connectivity index (χ4n) is 3.68. The summed E-state index contributed by atoms with van der Waals surface area (Å²) >= 11 is 0. The Labute approximate surface area is 190 Å². The molecule has 2 aromatic carbocycles. The van der Waals surface area contributed by atoms with Crippen LogP contribution in [-0.4, -0.2) is 37.8 Å². The Morgan fingerprint density at radius 3 is 1.74 bits per heavy atom. The number of rotatable bonds is 11. The minimum atomic E-state index is -2.58. The van der Waals surface area contributed by atoms with Crippen LogP contribution >= 0.6 is 0 Å². The standard InChI is InChI=1S/C24H36O4Si3/c1-21(2)24(25)26-19-14-20-30(6,27-29(3,4)5)28-31(7,22-15-10-8-11-16-22)23-17-12-9-13-18-23/h8-13,15-18H,1,14,19-20H2,2-7H3. The smallest absolute Gasteiger partial charge is 0.333 e. The van der Waals surface area contributed by atoms with Crippen LogP contribution in [0.5, 0.6) is 0 Å². The summed E-state index contributed by atoms with van der Waals surface area (Å²) in [5, 5.41) is 2.46. The molecule has 7 heteroatoms. The first-order valence-electron chi connectivity index (χ1n) is 10.8. The normalized spacial score (nSPS) is 14.0. The molecule has 168 valence electrons. The van der Waals surface area contributed by atoms with Gasteiger partial charge in [0, 0.05) is 5.57 Å². The maximum atomic E-state index is 11.7. The lowest BCUT2D eigenvalue weighted by Crippen LogP contribution is -2.65.